The van der Waals surface area contributed by atoms with E-state index >= 15 is 0 Å². The molecule has 0 atom stereocenters. The van der Waals surface area contributed by atoms with Gasteiger partial charge in [0.2, 0.25) is 0 Å². The third kappa shape index (κ3) is 3.63. The van der Waals surface area contributed by atoms with Crippen LogP contribution in [0.1, 0.15) is 18.4 Å². The first-order chi connectivity index (χ1) is 14.3. The van der Waals surface area contributed by atoms with E-state index in [-0.39, 0.29) is 12.5 Å². The Hall–Kier alpha value is -3.48. The summed E-state index contributed by atoms with van der Waals surface area (Å²) < 4.78 is 17.1. The molecule has 2 N–H and O–H groups in total. The molecule has 1 amide bonds. The molecule has 2 aliphatic heterocycles. The molecule has 4 bridgehead atoms. The molecule has 0 fully saturated rings. The van der Waals surface area contributed by atoms with Crippen molar-refractivity contribution in [1.82, 2.24) is 15.5 Å². The Kier molecular flexibility index (Phi) is 4.56. The zero-order valence-electron chi connectivity index (χ0n) is 15.9. The van der Waals surface area contributed by atoms with Crippen LogP contribution in [0.15, 0.2) is 42.7 Å². The van der Waals surface area contributed by atoms with Crippen LogP contribution in [-0.2, 0) is 9.53 Å². The second kappa shape index (κ2) is 7.50. The second-order valence-electron chi connectivity index (χ2n) is 7.13. The van der Waals surface area contributed by atoms with Crippen molar-refractivity contribution in [2.45, 2.75) is 12.8 Å². The lowest BCUT2D eigenvalue weighted by molar-refractivity contribution is -0.123. The van der Waals surface area contributed by atoms with Gasteiger partial charge in [-0.05, 0) is 54.0 Å². The Morgan fingerprint density at radius 2 is 1.90 bits per heavy atom. The van der Waals surface area contributed by atoms with Gasteiger partial charge in [0, 0.05) is 23.9 Å². The number of H-pyrrole nitrogens is 1. The summed E-state index contributed by atoms with van der Waals surface area (Å²) in [6, 6.07) is 11.8. The number of carbonyl (C=O) groups excluding carboxylic acids is 1. The van der Waals surface area contributed by atoms with E-state index in [1.807, 2.05) is 30.3 Å². The van der Waals surface area contributed by atoms with E-state index in [1.165, 1.54) is 0 Å². The Morgan fingerprint density at radius 3 is 2.79 bits per heavy atom. The number of amides is 1. The summed E-state index contributed by atoms with van der Waals surface area (Å²) in [5.41, 5.74) is 4.76. The number of nitrogens with one attached hydrogen (secondary N) is 2. The summed E-state index contributed by atoms with van der Waals surface area (Å²) >= 11 is 0. The number of hydrogen-bond acceptors (Lipinski definition) is 5. The molecular weight excluding hydrogens is 370 g/mol. The number of benzene rings is 2. The molecule has 0 saturated heterocycles. The maximum atomic E-state index is 12.1. The molecule has 7 nitrogen and oxygen atoms in total. The summed E-state index contributed by atoms with van der Waals surface area (Å²) in [4.78, 5) is 12.1. The van der Waals surface area contributed by atoms with E-state index < -0.39 is 0 Å². The SMILES string of the molecule is O=C1COc2cc(C3=COCC3)cc(c2)-c2n[nH]c3ccc(cc23)OCCCN1. The number of ether oxygens (including phenoxy) is 3. The fourth-order valence-electron chi connectivity index (χ4n) is 3.60. The van der Waals surface area contributed by atoms with Gasteiger partial charge in [-0.15, -0.1) is 0 Å². The predicted molar refractivity (Wildman–Crippen MR) is 109 cm³/mol. The number of nitrogens with zero attached hydrogens (tertiary/aromatic N) is 1. The smallest absolute Gasteiger partial charge is 0.257 e. The van der Waals surface area contributed by atoms with Crippen LogP contribution in [-0.4, -0.2) is 42.5 Å². The lowest BCUT2D eigenvalue weighted by atomic mass is 9.99. The van der Waals surface area contributed by atoms with Crippen molar-refractivity contribution in [2.24, 2.45) is 0 Å². The van der Waals surface area contributed by atoms with Crippen molar-refractivity contribution in [3.8, 4) is 22.8 Å². The van der Waals surface area contributed by atoms with Gasteiger partial charge < -0.3 is 19.5 Å². The minimum Gasteiger partial charge on any atom is -0.501 e. The fraction of sp³-hybridized carbons (Fsp3) is 0.273. The van der Waals surface area contributed by atoms with Crippen LogP contribution in [0, 0.1) is 0 Å². The average Bonchev–Trinajstić information content (AvgIpc) is 3.41. The van der Waals surface area contributed by atoms with E-state index in [4.69, 9.17) is 14.2 Å². The molecule has 3 aromatic rings. The summed E-state index contributed by atoms with van der Waals surface area (Å²) in [6.07, 6.45) is 3.34. The lowest BCUT2D eigenvalue weighted by Gasteiger charge is -2.11. The van der Waals surface area contributed by atoms with Crippen molar-refractivity contribution in [3.05, 3.63) is 48.2 Å². The molecule has 7 heteroatoms. The Labute approximate surface area is 167 Å². The van der Waals surface area contributed by atoms with Crippen molar-refractivity contribution < 1.29 is 19.0 Å². The highest BCUT2D eigenvalue weighted by molar-refractivity contribution is 5.94. The molecule has 148 valence electrons. The highest BCUT2D eigenvalue weighted by atomic mass is 16.5. The first-order valence-corrected chi connectivity index (χ1v) is 9.73. The van der Waals surface area contributed by atoms with Crippen LogP contribution in [0.4, 0.5) is 0 Å². The maximum Gasteiger partial charge on any atom is 0.257 e. The highest BCUT2D eigenvalue weighted by Crippen LogP contribution is 2.35. The number of aromatic amines is 1. The van der Waals surface area contributed by atoms with Crippen molar-refractivity contribution in [1.29, 1.82) is 0 Å². The van der Waals surface area contributed by atoms with Gasteiger partial charge in [-0.25, -0.2) is 0 Å². The van der Waals surface area contributed by atoms with Crippen molar-refractivity contribution in [3.63, 3.8) is 0 Å². The fourth-order valence-corrected chi connectivity index (χ4v) is 3.60. The van der Waals surface area contributed by atoms with E-state index in [2.05, 4.69) is 21.6 Å². The predicted octanol–water partition coefficient (Wildman–Crippen LogP) is 3.27. The molecule has 29 heavy (non-hydrogen) atoms. The summed E-state index contributed by atoms with van der Waals surface area (Å²) in [5.74, 6) is 1.25. The number of hydrogen-bond donors (Lipinski definition) is 2. The first kappa shape index (κ1) is 17.6. The van der Waals surface area contributed by atoms with E-state index in [9.17, 15) is 4.79 Å². The van der Waals surface area contributed by atoms with Gasteiger partial charge >= 0.3 is 0 Å². The standard InChI is InChI=1S/C22H21N3O4/c26-21-13-29-18-9-15(14-4-7-27-12-14)8-16(10-18)22-19-11-17(28-6-1-5-23-21)2-3-20(19)24-25-22/h2-3,8-12H,1,4-7,13H2,(H,23,26)(H,24,25). The number of aromatic nitrogens is 2. The van der Waals surface area contributed by atoms with Crippen LogP contribution >= 0.6 is 0 Å². The Balaban J connectivity index is 1.63. The maximum absolute atomic E-state index is 12.1. The minimum atomic E-state index is -0.155. The lowest BCUT2D eigenvalue weighted by Crippen LogP contribution is -2.30. The Bertz CT molecular complexity index is 1100. The van der Waals surface area contributed by atoms with E-state index in [0.29, 0.717) is 31.9 Å². The molecular formula is C22H21N3O4. The summed E-state index contributed by atoms with van der Waals surface area (Å²) in [5, 5.41) is 11.5. The molecule has 0 aliphatic carbocycles. The minimum absolute atomic E-state index is 0.0387. The van der Waals surface area contributed by atoms with Gasteiger partial charge in [0.15, 0.2) is 6.61 Å². The van der Waals surface area contributed by atoms with Crippen LogP contribution in [0.2, 0.25) is 0 Å². The molecule has 3 heterocycles. The van der Waals surface area contributed by atoms with Gasteiger partial charge in [0.25, 0.3) is 5.91 Å². The molecule has 2 aromatic carbocycles. The molecule has 5 rings (SSSR count). The molecule has 0 radical (unpaired) electrons. The van der Waals surface area contributed by atoms with Crippen LogP contribution < -0.4 is 14.8 Å². The van der Waals surface area contributed by atoms with Gasteiger partial charge in [-0.3, -0.25) is 9.89 Å². The number of rotatable bonds is 1. The van der Waals surface area contributed by atoms with E-state index in [1.54, 1.807) is 6.26 Å². The molecule has 0 saturated carbocycles. The highest BCUT2D eigenvalue weighted by Gasteiger charge is 2.16. The van der Waals surface area contributed by atoms with Crippen LogP contribution in [0.25, 0.3) is 27.7 Å². The quantitative estimate of drug-likeness (QED) is 0.665. The normalized spacial score (nSPS) is 16.8. The van der Waals surface area contributed by atoms with Crippen LogP contribution in [0.5, 0.6) is 11.5 Å². The van der Waals surface area contributed by atoms with Gasteiger partial charge in [0.05, 0.1) is 25.0 Å². The van der Waals surface area contributed by atoms with Crippen molar-refractivity contribution in [2.75, 3.05) is 26.4 Å². The topological polar surface area (TPSA) is 85.5 Å². The Morgan fingerprint density at radius 1 is 0.966 bits per heavy atom. The molecule has 2 aliphatic rings. The third-order valence-corrected chi connectivity index (χ3v) is 5.08. The van der Waals surface area contributed by atoms with Gasteiger partial charge in [0.1, 0.15) is 17.2 Å². The largest absolute Gasteiger partial charge is 0.501 e. The third-order valence-electron chi connectivity index (χ3n) is 5.08. The molecule has 1 aromatic heterocycles. The first-order valence-electron chi connectivity index (χ1n) is 9.73. The number of fused-ring (bicyclic) bond motifs is 4. The second-order valence-corrected chi connectivity index (χ2v) is 7.13. The van der Waals surface area contributed by atoms with E-state index in [0.717, 1.165) is 45.5 Å². The van der Waals surface area contributed by atoms with Gasteiger partial charge in [-0.1, -0.05) is 0 Å². The molecule has 0 spiro atoms. The molecule has 0 unspecified atom stereocenters. The zero-order valence-corrected chi connectivity index (χ0v) is 15.9. The van der Waals surface area contributed by atoms with Gasteiger partial charge in [-0.2, -0.15) is 5.10 Å². The average molecular weight is 391 g/mol. The van der Waals surface area contributed by atoms with Crippen LogP contribution in [0.3, 0.4) is 0 Å². The summed E-state index contributed by atoms with van der Waals surface area (Å²) in [6.45, 7) is 1.69. The number of carbonyl (C=O) groups is 1. The van der Waals surface area contributed by atoms with Crippen molar-refractivity contribution >= 4 is 22.4 Å². The monoisotopic (exact) mass is 391 g/mol. The zero-order chi connectivity index (χ0) is 19.6. The summed E-state index contributed by atoms with van der Waals surface area (Å²) in [7, 11) is 0.